The average molecular weight is 181 g/mol. The Labute approximate surface area is 77.6 Å². The number of nitrogens with two attached hydrogens (primary N) is 1. The summed E-state index contributed by atoms with van der Waals surface area (Å²) in [6.07, 6.45) is 3.74. The maximum atomic E-state index is 6.25. The predicted octanol–water partition coefficient (Wildman–Crippen LogP) is 2.72. The molecule has 0 spiro atoms. The molecule has 2 atom stereocenters. The van der Waals surface area contributed by atoms with Crippen LogP contribution in [0.15, 0.2) is 17.5 Å². The third-order valence-electron chi connectivity index (χ3n) is 2.77. The van der Waals surface area contributed by atoms with Crippen LogP contribution in [-0.4, -0.2) is 0 Å². The van der Waals surface area contributed by atoms with Gasteiger partial charge in [0.05, 0.1) is 5.54 Å². The van der Waals surface area contributed by atoms with Gasteiger partial charge >= 0.3 is 0 Å². The molecule has 1 aromatic rings. The third kappa shape index (κ3) is 1.19. The van der Waals surface area contributed by atoms with E-state index in [0.29, 0.717) is 0 Å². The highest BCUT2D eigenvalue weighted by Crippen LogP contribution is 2.53. The predicted molar refractivity (Wildman–Crippen MR) is 53.2 cm³/mol. The summed E-state index contributed by atoms with van der Waals surface area (Å²) in [5, 5.41) is 2.12. The van der Waals surface area contributed by atoms with Crippen molar-refractivity contribution in [3.05, 3.63) is 22.4 Å². The lowest BCUT2D eigenvalue weighted by molar-refractivity contribution is 0.591. The summed E-state index contributed by atoms with van der Waals surface area (Å²) in [6, 6.07) is 4.26. The van der Waals surface area contributed by atoms with Crippen molar-refractivity contribution in [3.8, 4) is 0 Å². The molecule has 0 bridgehead atoms. The first-order valence-electron chi connectivity index (χ1n) is 4.60. The highest BCUT2D eigenvalue weighted by Gasteiger charge is 2.51. The fourth-order valence-electron chi connectivity index (χ4n) is 1.90. The van der Waals surface area contributed by atoms with E-state index in [1.807, 2.05) is 0 Å². The SMILES string of the molecule is CCCC1CC1(N)c1cccs1. The Hall–Kier alpha value is -0.340. The molecular formula is C10H15NS. The molecule has 2 N–H and O–H groups in total. The molecule has 1 heterocycles. The average Bonchev–Trinajstić information content (AvgIpc) is 2.57. The molecule has 0 radical (unpaired) electrons. The second-order valence-corrected chi connectivity index (χ2v) is 4.66. The van der Waals surface area contributed by atoms with Crippen LogP contribution in [0.4, 0.5) is 0 Å². The van der Waals surface area contributed by atoms with Gasteiger partial charge in [0.15, 0.2) is 0 Å². The molecule has 2 unspecified atom stereocenters. The van der Waals surface area contributed by atoms with Gasteiger partial charge in [0.1, 0.15) is 0 Å². The topological polar surface area (TPSA) is 26.0 Å². The summed E-state index contributed by atoms with van der Waals surface area (Å²) in [5.74, 6) is 0.751. The summed E-state index contributed by atoms with van der Waals surface area (Å²) in [6.45, 7) is 2.23. The van der Waals surface area contributed by atoms with Gasteiger partial charge in [-0.25, -0.2) is 0 Å². The van der Waals surface area contributed by atoms with Gasteiger partial charge in [-0.05, 0) is 30.2 Å². The monoisotopic (exact) mass is 181 g/mol. The van der Waals surface area contributed by atoms with Crippen molar-refractivity contribution in [1.82, 2.24) is 0 Å². The van der Waals surface area contributed by atoms with Crippen molar-refractivity contribution in [2.45, 2.75) is 31.7 Å². The molecule has 0 saturated heterocycles. The van der Waals surface area contributed by atoms with Crippen molar-refractivity contribution < 1.29 is 0 Å². The molecule has 1 aromatic heterocycles. The fraction of sp³-hybridized carbons (Fsp3) is 0.600. The quantitative estimate of drug-likeness (QED) is 0.762. The summed E-state index contributed by atoms with van der Waals surface area (Å²) in [4.78, 5) is 1.38. The van der Waals surface area contributed by atoms with E-state index >= 15 is 0 Å². The Morgan fingerprint density at radius 3 is 3.17 bits per heavy atom. The summed E-state index contributed by atoms with van der Waals surface area (Å²) in [7, 11) is 0. The van der Waals surface area contributed by atoms with Crippen LogP contribution in [0, 0.1) is 5.92 Å². The van der Waals surface area contributed by atoms with E-state index in [-0.39, 0.29) is 5.54 Å². The molecule has 1 aliphatic carbocycles. The zero-order chi connectivity index (χ0) is 8.60. The largest absolute Gasteiger partial charge is 0.320 e. The Balaban J connectivity index is 2.07. The van der Waals surface area contributed by atoms with Crippen molar-refractivity contribution in [3.63, 3.8) is 0 Å². The first-order chi connectivity index (χ1) is 5.77. The molecule has 0 aromatic carbocycles. The van der Waals surface area contributed by atoms with Gasteiger partial charge < -0.3 is 5.73 Å². The van der Waals surface area contributed by atoms with Crippen LogP contribution in [0.5, 0.6) is 0 Å². The van der Waals surface area contributed by atoms with Gasteiger partial charge in [-0.15, -0.1) is 11.3 Å². The van der Waals surface area contributed by atoms with Crippen LogP contribution in [0.25, 0.3) is 0 Å². The standard InChI is InChI=1S/C10H15NS/c1-2-4-8-7-10(8,11)9-5-3-6-12-9/h3,5-6,8H,2,4,7,11H2,1H3. The van der Waals surface area contributed by atoms with Crippen molar-refractivity contribution >= 4 is 11.3 Å². The van der Waals surface area contributed by atoms with Crippen LogP contribution >= 0.6 is 11.3 Å². The molecular weight excluding hydrogens is 166 g/mol. The highest BCUT2D eigenvalue weighted by atomic mass is 32.1. The van der Waals surface area contributed by atoms with Gasteiger partial charge in [-0.3, -0.25) is 0 Å². The zero-order valence-electron chi connectivity index (χ0n) is 7.42. The van der Waals surface area contributed by atoms with Gasteiger partial charge in [-0.2, -0.15) is 0 Å². The molecule has 1 aliphatic rings. The van der Waals surface area contributed by atoms with E-state index in [9.17, 15) is 0 Å². The third-order valence-corrected chi connectivity index (χ3v) is 3.83. The maximum Gasteiger partial charge on any atom is 0.0536 e. The Bertz CT molecular complexity index is 255. The molecule has 0 amide bonds. The maximum absolute atomic E-state index is 6.25. The van der Waals surface area contributed by atoms with Crippen LogP contribution < -0.4 is 5.73 Å². The van der Waals surface area contributed by atoms with E-state index in [0.717, 1.165) is 5.92 Å². The molecule has 2 rings (SSSR count). The Kier molecular flexibility index (Phi) is 1.97. The second kappa shape index (κ2) is 2.86. The summed E-state index contributed by atoms with van der Waals surface area (Å²) < 4.78 is 0. The van der Waals surface area contributed by atoms with Crippen molar-refractivity contribution in [1.29, 1.82) is 0 Å². The van der Waals surface area contributed by atoms with Crippen molar-refractivity contribution in [2.75, 3.05) is 0 Å². The van der Waals surface area contributed by atoms with Gasteiger partial charge in [0, 0.05) is 4.88 Å². The van der Waals surface area contributed by atoms with E-state index < -0.39 is 0 Å². The fourth-order valence-corrected chi connectivity index (χ4v) is 2.83. The van der Waals surface area contributed by atoms with Crippen LogP contribution in [0.1, 0.15) is 31.1 Å². The molecule has 66 valence electrons. The van der Waals surface area contributed by atoms with Crippen LogP contribution in [-0.2, 0) is 5.54 Å². The van der Waals surface area contributed by atoms with Crippen LogP contribution in [0.3, 0.4) is 0 Å². The normalized spacial score (nSPS) is 33.7. The first-order valence-corrected chi connectivity index (χ1v) is 5.48. The molecule has 1 nitrogen and oxygen atoms in total. The molecule has 12 heavy (non-hydrogen) atoms. The smallest absolute Gasteiger partial charge is 0.0536 e. The summed E-state index contributed by atoms with van der Waals surface area (Å²) in [5.41, 5.74) is 6.31. The number of hydrogen-bond acceptors (Lipinski definition) is 2. The molecule has 1 fully saturated rings. The lowest BCUT2D eigenvalue weighted by atomic mass is 10.1. The minimum atomic E-state index is 0.0597. The lowest BCUT2D eigenvalue weighted by Crippen LogP contribution is -2.20. The van der Waals surface area contributed by atoms with Gasteiger partial charge in [0.25, 0.3) is 0 Å². The van der Waals surface area contributed by atoms with E-state index in [2.05, 4.69) is 24.4 Å². The van der Waals surface area contributed by atoms with E-state index in [1.165, 1.54) is 24.1 Å². The van der Waals surface area contributed by atoms with Crippen molar-refractivity contribution in [2.24, 2.45) is 11.7 Å². The first kappa shape index (κ1) is 8.27. The zero-order valence-corrected chi connectivity index (χ0v) is 8.23. The second-order valence-electron chi connectivity index (χ2n) is 3.71. The Morgan fingerprint density at radius 1 is 1.75 bits per heavy atom. The summed E-state index contributed by atoms with van der Waals surface area (Å²) >= 11 is 1.80. The highest BCUT2D eigenvalue weighted by molar-refractivity contribution is 7.10. The van der Waals surface area contributed by atoms with E-state index in [4.69, 9.17) is 5.73 Å². The molecule has 0 aliphatic heterocycles. The molecule has 1 saturated carbocycles. The lowest BCUT2D eigenvalue weighted by Gasteiger charge is -2.07. The van der Waals surface area contributed by atoms with Crippen LogP contribution in [0.2, 0.25) is 0 Å². The van der Waals surface area contributed by atoms with Gasteiger partial charge in [-0.1, -0.05) is 19.4 Å². The Morgan fingerprint density at radius 2 is 2.58 bits per heavy atom. The van der Waals surface area contributed by atoms with E-state index in [1.54, 1.807) is 11.3 Å². The number of thiophene rings is 1. The molecule has 2 heteroatoms. The minimum Gasteiger partial charge on any atom is -0.320 e. The van der Waals surface area contributed by atoms with Gasteiger partial charge in [0.2, 0.25) is 0 Å². The minimum absolute atomic E-state index is 0.0597. The number of hydrogen-bond donors (Lipinski definition) is 1. The number of rotatable bonds is 3.